The number of hydrogen-bond acceptors (Lipinski definition) is 5. The van der Waals surface area contributed by atoms with Crippen LogP contribution in [0.5, 0.6) is 5.75 Å². The lowest BCUT2D eigenvalue weighted by Crippen LogP contribution is -2.29. The lowest BCUT2D eigenvalue weighted by molar-refractivity contribution is 0.249. The summed E-state index contributed by atoms with van der Waals surface area (Å²) in [6.45, 7) is 2.73. The smallest absolute Gasteiger partial charge is 0.134 e. The Hall–Kier alpha value is -2.21. The largest absolute Gasteiger partial charge is 0.507 e. The van der Waals surface area contributed by atoms with Gasteiger partial charge in [0.05, 0.1) is 9.13 Å². The standard InChI is InChI=1S/C22H18IN3OS/c23-19-10-16(6-7-20(19)27)12-25-22-18(11-24)17-8-9-26(14-21(17)28-22)13-15-4-2-1-3-5-15/h1-7,10,12,27H,8-9,13-14H2. The third-order valence-corrected chi connectivity index (χ3v) is 6.77. The van der Waals surface area contributed by atoms with Crippen molar-refractivity contribution in [3.63, 3.8) is 0 Å². The number of thiophene rings is 1. The second-order valence-electron chi connectivity index (χ2n) is 6.71. The molecule has 0 radical (unpaired) electrons. The number of phenols is 1. The van der Waals surface area contributed by atoms with Crippen LogP contribution in [0, 0.1) is 14.9 Å². The third-order valence-electron chi connectivity index (χ3n) is 4.78. The first-order chi connectivity index (χ1) is 13.6. The SMILES string of the molecule is N#Cc1c(N=Cc2ccc(O)c(I)c2)sc2c1CCN(Cc1ccccc1)C2. The zero-order chi connectivity index (χ0) is 19.5. The third kappa shape index (κ3) is 4.12. The van der Waals surface area contributed by atoms with E-state index in [2.05, 4.69) is 62.8 Å². The molecule has 0 spiro atoms. The van der Waals surface area contributed by atoms with Crippen molar-refractivity contribution in [3.8, 4) is 11.8 Å². The molecule has 0 unspecified atom stereocenters. The van der Waals surface area contributed by atoms with Gasteiger partial charge in [0.2, 0.25) is 0 Å². The topological polar surface area (TPSA) is 59.6 Å². The number of aromatic hydroxyl groups is 1. The van der Waals surface area contributed by atoms with Crippen LogP contribution in [0.25, 0.3) is 0 Å². The molecule has 3 aromatic rings. The molecule has 0 aliphatic carbocycles. The fraction of sp³-hybridized carbons (Fsp3) is 0.182. The molecule has 0 bridgehead atoms. The van der Waals surface area contributed by atoms with Gasteiger partial charge in [0, 0.05) is 30.7 Å². The van der Waals surface area contributed by atoms with Crippen molar-refractivity contribution in [2.75, 3.05) is 6.54 Å². The molecule has 0 saturated heterocycles. The molecule has 0 fully saturated rings. The number of fused-ring (bicyclic) bond motifs is 1. The van der Waals surface area contributed by atoms with E-state index in [0.29, 0.717) is 5.56 Å². The number of rotatable bonds is 4. The Bertz CT molecular complexity index is 1070. The van der Waals surface area contributed by atoms with Gasteiger partial charge < -0.3 is 5.11 Å². The van der Waals surface area contributed by atoms with Crippen LogP contribution in [0.1, 0.15) is 27.1 Å². The molecule has 1 aliphatic heterocycles. The summed E-state index contributed by atoms with van der Waals surface area (Å²) in [4.78, 5) is 8.26. The first kappa shape index (κ1) is 19.1. The number of aliphatic imine (C=N–C) groups is 1. The highest BCUT2D eigenvalue weighted by Gasteiger charge is 2.24. The number of halogens is 1. The van der Waals surface area contributed by atoms with E-state index >= 15 is 0 Å². The predicted molar refractivity (Wildman–Crippen MR) is 121 cm³/mol. The Morgan fingerprint density at radius 2 is 2.07 bits per heavy atom. The van der Waals surface area contributed by atoms with E-state index in [1.54, 1.807) is 23.6 Å². The summed E-state index contributed by atoms with van der Waals surface area (Å²) in [6, 6.07) is 18.2. The quantitative estimate of drug-likeness (QED) is 0.395. The Kier molecular flexibility index (Phi) is 5.76. The van der Waals surface area contributed by atoms with Gasteiger partial charge in [-0.15, -0.1) is 11.3 Å². The van der Waals surface area contributed by atoms with E-state index in [-0.39, 0.29) is 5.75 Å². The summed E-state index contributed by atoms with van der Waals surface area (Å²) >= 11 is 3.71. The van der Waals surface area contributed by atoms with Crippen molar-refractivity contribution >= 4 is 45.1 Å². The Morgan fingerprint density at radius 1 is 1.25 bits per heavy atom. The molecular weight excluding hydrogens is 481 g/mol. The summed E-state index contributed by atoms with van der Waals surface area (Å²) in [6.07, 6.45) is 2.65. The van der Waals surface area contributed by atoms with Gasteiger partial charge in [-0.2, -0.15) is 5.26 Å². The van der Waals surface area contributed by atoms with Crippen molar-refractivity contribution in [1.82, 2.24) is 4.90 Å². The van der Waals surface area contributed by atoms with E-state index in [4.69, 9.17) is 0 Å². The molecule has 28 heavy (non-hydrogen) atoms. The summed E-state index contributed by atoms with van der Waals surface area (Å²) in [7, 11) is 0. The van der Waals surface area contributed by atoms with E-state index in [1.807, 2.05) is 18.2 Å². The van der Waals surface area contributed by atoms with Gasteiger partial charge in [-0.1, -0.05) is 30.3 Å². The average molecular weight is 499 g/mol. The zero-order valence-corrected chi connectivity index (χ0v) is 18.1. The lowest BCUT2D eigenvalue weighted by atomic mass is 10.0. The highest BCUT2D eigenvalue weighted by molar-refractivity contribution is 14.1. The lowest BCUT2D eigenvalue weighted by Gasteiger charge is -2.26. The summed E-state index contributed by atoms with van der Waals surface area (Å²) in [5.41, 5.74) is 4.08. The molecule has 0 amide bonds. The van der Waals surface area contributed by atoms with E-state index in [9.17, 15) is 10.4 Å². The minimum Gasteiger partial charge on any atom is -0.507 e. The number of phenolic OH excluding ortho intramolecular Hbond substituents is 1. The number of nitriles is 1. The summed E-state index contributed by atoms with van der Waals surface area (Å²) in [5.74, 6) is 0.264. The molecule has 2 heterocycles. The van der Waals surface area contributed by atoms with Crippen LogP contribution in [-0.4, -0.2) is 22.8 Å². The maximum absolute atomic E-state index is 9.68. The molecule has 2 aromatic carbocycles. The fourth-order valence-corrected chi connectivity index (χ4v) is 5.08. The van der Waals surface area contributed by atoms with Crippen molar-refractivity contribution in [2.45, 2.75) is 19.5 Å². The van der Waals surface area contributed by atoms with Gasteiger partial charge >= 0.3 is 0 Å². The van der Waals surface area contributed by atoms with Gasteiger partial charge in [-0.05, 0) is 63.9 Å². The Morgan fingerprint density at radius 3 is 2.82 bits per heavy atom. The average Bonchev–Trinajstić information content (AvgIpc) is 3.06. The van der Waals surface area contributed by atoms with Gasteiger partial charge in [0.25, 0.3) is 0 Å². The second-order valence-corrected chi connectivity index (χ2v) is 8.96. The minimum absolute atomic E-state index is 0.264. The van der Waals surface area contributed by atoms with Crippen LogP contribution in [0.2, 0.25) is 0 Å². The van der Waals surface area contributed by atoms with Crippen molar-refractivity contribution in [2.24, 2.45) is 4.99 Å². The van der Waals surface area contributed by atoms with Gasteiger partial charge in [0.1, 0.15) is 16.8 Å². The number of hydrogen-bond donors (Lipinski definition) is 1. The number of benzene rings is 2. The van der Waals surface area contributed by atoms with Gasteiger partial charge in [-0.3, -0.25) is 4.90 Å². The van der Waals surface area contributed by atoms with Crippen LogP contribution >= 0.6 is 33.9 Å². The molecular formula is C22H18IN3OS. The summed E-state index contributed by atoms with van der Waals surface area (Å²) < 4.78 is 0.782. The maximum atomic E-state index is 9.68. The normalized spacial score (nSPS) is 14.1. The van der Waals surface area contributed by atoms with Crippen molar-refractivity contribution in [3.05, 3.63) is 79.2 Å². The van der Waals surface area contributed by atoms with E-state index in [1.165, 1.54) is 10.4 Å². The Labute approximate surface area is 181 Å². The minimum atomic E-state index is 0.264. The molecule has 1 aliphatic rings. The van der Waals surface area contributed by atoms with Gasteiger partial charge in [-0.25, -0.2) is 4.99 Å². The van der Waals surface area contributed by atoms with Gasteiger partial charge in [0.15, 0.2) is 0 Å². The van der Waals surface area contributed by atoms with Crippen LogP contribution in [0.4, 0.5) is 5.00 Å². The molecule has 1 N–H and O–H groups in total. The molecule has 140 valence electrons. The van der Waals surface area contributed by atoms with Crippen LogP contribution in [0.3, 0.4) is 0 Å². The van der Waals surface area contributed by atoms with E-state index in [0.717, 1.165) is 45.8 Å². The molecule has 4 rings (SSSR count). The van der Waals surface area contributed by atoms with Crippen LogP contribution < -0.4 is 0 Å². The van der Waals surface area contributed by atoms with E-state index < -0.39 is 0 Å². The molecule has 0 saturated carbocycles. The predicted octanol–water partition coefficient (Wildman–Crippen LogP) is 5.24. The summed E-state index contributed by atoms with van der Waals surface area (Å²) in [5, 5.41) is 20.1. The first-order valence-corrected chi connectivity index (χ1v) is 10.9. The fourth-order valence-electron chi connectivity index (χ4n) is 3.36. The zero-order valence-electron chi connectivity index (χ0n) is 15.1. The first-order valence-electron chi connectivity index (χ1n) is 8.97. The van der Waals surface area contributed by atoms with Crippen molar-refractivity contribution in [1.29, 1.82) is 5.26 Å². The molecule has 1 aromatic heterocycles. The molecule has 0 atom stereocenters. The molecule has 6 heteroatoms. The highest BCUT2D eigenvalue weighted by atomic mass is 127. The Balaban J connectivity index is 1.55. The van der Waals surface area contributed by atoms with Crippen LogP contribution in [0.15, 0.2) is 53.5 Å². The number of nitrogens with zero attached hydrogens (tertiary/aromatic N) is 3. The second kappa shape index (κ2) is 8.43. The monoisotopic (exact) mass is 499 g/mol. The maximum Gasteiger partial charge on any atom is 0.134 e. The molecule has 4 nitrogen and oxygen atoms in total. The highest BCUT2D eigenvalue weighted by Crippen LogP contribution is 2.38. The van der Waals surface area contributed by atoms with Crippen molar-refractivity contribution < 1.29 is 5.11 Å². The van der Waals surface area contributed by atoms with Crippen LogP contribution in [-0.2, 0) is 19.5 Å².